The van der Waals surface area contributed by atoms with Gasteiger partial charge in [-0.3, -0.25) is 0 Å². The molecule has 0 bridgehead atoms. The maximum Gasteiger partial charge on any atom is 0.417 e. The van der Waals surface area contributed by atoms with Gasteiger partial charge < -0.3 is 10.1 Å². The van der Waals surface area contributed by atoms with Gasteiger partial charge in [0.15, 0.2) is 0 Å². The van der Waals surface area contributed by atoms with Gasteiger partial charge in [0, 0.05) is 37.2 Å². The molecule has 2 aromatic rings. The zero-order chi connectivity index (χ0) is 18.7. The lowest BCUT2D eigenvalue weighted by Crippen LogP contribution is -2.29. The van der Waals surface area contributed by atoms with Gasteiger partial charge in [0.05, 0.1) is 17.2 Å². The van der Waals surface area contributed by atoms with E-state index in [1.165, 1.54) is 6.07 Å². The highest BCUT2D eigenvalue weighted by atomic mass is 19.4. The average molecular weight is 361 g/mol. The van der Waals surface area contributed by atoms with Gasteiger partial charge in [-0.2, -0.15) is 18.4 Å². The van der Waals surface area contributed by atoms with Crippen LogP contribution in [0.1, 0.15) is 29.5 Å². The van der Waals surface area contributed by atoms with E-state index in [1.54, 1.807) is 12.1 Å². The van der Waals surface area contributed by atoms with Crippen molar-refractivity contribution < 1.29 is 17.9 Å². The minimum Gasteiger partial charge on any atom is -0.474 e. The largest absolute Gasteiger partial charge is 0.474 e. The molecule has 1 aliphatic heterocycles. The summed E-state index contributed by atoms with van der Waals surface area (Å²) in [6.07, 6.45) is -3.85. The summed E-state index contributed by atoms with van der Waals surface area (Å²) in [4.78, 5) is 3.78. The molecule has 0 unspecified atom stereocenters. The number of hydrogen-bond acceptors (Lipinski definition) is 4. The van der Waals surface area contributed by atoms with Crippen molar-refractivity contribution in [1.29, 1.82) is 5.26 Å². The van der Waals surface area contributed by atoms with Gasteiger partial charge in [0.25, 0.3) is 0 Å². The Morgan fingerprint density at radius 2 is 1.92 bits per heavy atom. The van der Waals surface area contributed by atoms with E-state index < -0.39 is 11.7 Å². The Kier molecular flexibility index (Phi) is 5.14. The van der Waals surface area contributed by atoms with E-state index in [0.29, 0.717) is 5.56 Å². The summed E-state index contributed by atoms with van der Waals surface area (Å²) in [6.45, 7) is 3.42. The van der Waals surface area contributed by atoms with Gasteiger partial charge in [0.1, 0.15) is 6.10 Å². The number of alkyl halides is 3. The standard InChI is InChI=1S/C19H18F3N3O/c1-12(26-18-7-6-15(9-25-18)19(20,21)22)16-10-24-11-17(16)14-4-2-13(8-23)3-5-14/h2-7,9,12,16-17,24H,10-11H2,1H3/t12-,16+,17+/m0/s1. The van der Waals surface area contributed by atoms with Crippen molar-refractivity contribution in [3.8, 4) is 11.9 Å². The Balaban J connectivity index is 1.70. The molecule has 1 N–H and O–H groups in total. The van der Waals surface area contributed by atoms with Crippen molar-refractivity contribution in [3.63, 3.8) is 0 Å². The van der Waals surface area contributed by atoms with Gasteiger partial charge in [-0.05, 0) is 30.7 Å². The fourth-order valence-corrected chi connectivity index (χ4v) is 3.26. The number of hydrogen-bond donors (Lipinski definition) is 1. The van der Waals surface area contributed by atoms with Gasteiger partial charge >= 0.3 is 6.18 Å². The van der Waals surface area contributed by atoms with Crippen molar-refractivity contribution in [2.24, 2.45) is 5.92 Å². The summed E-state index contributed by atoms with van der Waals surface area (Å²) in [6, 6.07) is 11.8. The molecule has 1 saturated heterocycles. The second-order valence-electron chi connectivity index (χ2n) is 6.37. The van der Waals surface area contributed by atoms with Crippen molar-refractivity contribution >= 4 is 0 Å². The van der Waals surface area contributed by atoms with Crippen LogP contribution in [0.2, 0.25) is 0 Å². The van der Waals surface area contributed by atoms with E-state index in [4.69, 9.17) is 10.00 Å². The predicted octanol–water partition coefficient (Wildman–Crippen LogP) is 3.74. The topological polar surface area (TPSA) is 57.9 Å². The molecular formula is C19H18F3N3O. The fraction of sp³-hybridized carbons (Fsp3) is 0.368. The van der Waals surface area contributed by atoms with Crippen LogP contribution in [-0.2, 0) is 6.18 Å². The van der Waals surface area contributed by atoms with E-state index >= 15 is 0 Å². The number of nitrogens with one attached hydrogen (secondary N) is 1. The van der Waals surface area contributed by atoms with Crippen LogP contribution in [0.3, 0.4) is 0 Å². The predicted molar refractivity (Wildman–Crippen MR) is 89.6 cm³/mol. The summed E-state index contributed by atoms with van der Waals surface area (Å²) >= 11 is 0. The average Bonchev–Trinajstić information content (AvgIpc) is 3.11. The number of benzene rings is 1. The quantitative estimate of drug-likeness (QED) is 0.901. The van der Waals surface area contributed by atoms with Crippen LogP contribution in [0.5, 0.6) is 5.88 Å². The van der Waals surface area contributed by atoms with Crippen LogP contribution in [0.25, 0.3) is 0 Å². The summed E-state index contributed by atoms with van der Waals surface area (Å²) in [5.74, 6) is 0.523. The van der Waals surface area contributed by atoms with Gasteiger partial charge in [0.2, 0.25) is 5.88 Å². The number of aromatic nitrogens is 1. The van der Waals surface area contributed by atoms with Crippen LogP contribution in [0.15, 0.2) is 42.6 Å². The Morgan fingerprint density at radius 1 is 1.19 bits per heavy atom. The summed E-state index contributed by atoms with van der Waals surface area (Å²) in [5, 5.41) is 12.2. The number of rotatable bonds is 4. The third-order valence-corrected chi connectivity index (χ3v) is 4.70. The second-order valence-corrected chi connectivity index (χ2v) is 6.37. The second kappa shape index (κ2) is 7.34. The van der Waals surface area contributed by atoms with Crippen molar-refractivity contribution in [2.45, 2.75) is 25.1 Å². The van der Waals surface area contributed by atoms with Gasteiger partial charge in [-0.1, -0.05) is 12.1 Å². The number of halogens is 3. The van der Waals surface area contributed by atoms with E-state index in [9.17, 15) is 13.2 Å². The van der Waals surface area contributed by atoms with E-state index in [-0.39, 0.29) is 23.8 Å². The fourth-order valence-electron chi connectivity index (χ4n) is 3.26. The highest BCUT2D eigenvalue weighted by molar-refractivity contribution is 5.34. The Hall–Kier alpha value is -2.59. The zero-order valence-electron chi connectivity index (χ0n) is 14.1. The first kappa shape index (κ1) is 18.2. The SMILES string of the molecule is C[C@H](Oc1ccc(C(F)(F)F)cn1)[C@H]1CNC[C@@H]1c1ccc(C#N)cc1. The van der Waals surface area contributed by atoms with Crippen molar-refractivity contribution in [3.05, 3.63) is 59.3 Å². The first-order valence-corrected chi connectivity index (χ1v) is 8.29. The Morgan fingerprint density at radius 3 is 2.50 bits per heavy atom. The molecule has 4 nitrogen and oxygen atoms in total. The molecule has 2 heterocycles. The first-order valence-electron chi connectivity index (χ1n) is 8.29. The highest BCUT2D eigenvalue weighted by Crippen LogP contribution is 2.33. The molecule has 1 aromatic heterocycles. The third kappa shape index (κ3) is 3.97. The van der Waals surface area contributed by atoms with Crippen molar-refractivity contribution in [1.82, 2.24) is 10.3 Å². The van der Waals surface area contributed by atoms with Crippen molar-refractivity contribution in [2.75, 3.05) is 13.1 Å². The molecule has 3 rings (SSSR count). The van der Waals surface area contributed by atoms with Crippen LogP contribution in [0, 0.1) is 17.2 Å². The zero-order valence-corrected chi connectivity index (χ0v) is 14.1. The summed E-state index contributed by atoms with van der Waals surface area (Å²) < 4.78 is 43.6. The van der Waals surface area contributed by atoms with E-state index in [2.05, 4.69) is 16.4 Å². The lowest BCUT2D eigenvalue weighted by Gasteiger charge is -2.25. The molecule has 1 aromatic carbocycles. The minimum atomic E-state index is -4.41. The summed E-state index contributed by atoms with van der Waals surface area (Å²) in [7, 11) is 0. The molecule has 0 spiro atoms. The lowest BCUT2D eigenvalue weighted by atomic mass is 9.85. The first-order chi connectivity index (χ1) is 12.4. The molecule has 0 saturated carbocycles. The van der Waals surface area contributed by atoms with Gasteiger partial charge in [-0.25, -0.2) is 4.98 Å². The molecule has 7 heteroatoms. The number of pyridine rings is 1. The van der Waals surface area contributed by atoms with Crippen LogP contribution in [-0.4, -0.2) is 24.2 Å². The summed E-state index contributed by atoms with van der Waals surface area (Å²) in [5.41, 5.74) is 0.917. The molecular weight excluding hydrogens is 343 g/mol. The molecule has 26 heavy (non-hydrogen) atoms. The molecule has 136 valence electrons. The van der Waals surface area contributed by atoms with E-state index in [0.717, 1.165) is 30.9 Å². The highest BCUT2D eigenvalue weighted by Gasteiger charge is 2.34. The molecule has 0 amide bonds. The molecule has 1 aliphatic rings. The minimum absolute atomic E-state index is 0.145. The van der Waals surface area contributed by atoms with Crippen LogP contribution >= 0.6 is 0 Å². The normalized spacial score (nSPS) is 21.2. The Labute approximate surface area is 149 Å². The molecule has 0 aliphatic carbocycles. The monoisotopic (exact) mass is 361 g/mol. The maximum absolute atomic E-state index is 12.6. The van der Waals surface area contributed by atoms with Crippen LogP contribution in [0.4, 0.5) is 13.2 Å². The van der Waals surface area contributed by atoms with Gasteiger partial charge in [-0.15, -0.1) is 0 Å². The van der Waals surface area contributed by atoms with Crippen LogP contribution < -0.4 is 10.1 Å². The number of nitrogens with zero attached hydrogens (tertiary/aromatic N) is 2. The molecule has 0 radical (unpaired) electrons. The lowest BCUT2D eigenvalue weighted by molar-refractivity contribution is -0.137. The molecule has 1 fully saturated rings. The number of ether oxygens (including phenoxy) is 1. The number of nitriles is 1. The third-order valence-electron chi connectivity index (χ3n) is 4.70. The smallest absolute Gasteiger partial charge is 0.417 e. The molecule has 3 atom stereocenters. The maximum atomic E-state index is 12.6. The Bertz CT molecular complexity index is 782. The van der Waals surface area contributed by atoms with E-state index in [1.807, 2.05) is 19.1 Å².